The van der Waals surface area contributed by atoms with E-state index in [-0.39, 0.29) is 5.75 Å². The van der Waals surface area contributed by atoms with E-state index in [1.54, 1.807) is 0 Å². The zero-order valence-corrected chi connectivity index (χ0v) is 12.9. The summed E-state index contributed by atoms with van der Waals surface area (Å²) in [5.74, 6) is 1.85. The van der Waals surface area contributed by atoms with Crippen LogP contribution in [0.5, 0.6) is 0 Å². The van der Waals surface area contributed by atoms with Gasteiger partial charge in [0.15, 0.2) is 5.16 Å². The van der Waals surface area contributed by atoms with Crippen molar-refractivity contribution in [3.63, 3.8) is 0 Å². The van der Waals surface area contributed by atoms with Gasteiger partial charge in [0.2, 0.25) is 0 Å². The average Bonchev–Trinajstić information content (AvgIpc) is 3.10. The number of hydrogen-bond donors (Lipinski definition) is 1. The smallest absolute Gasteiger partial charge is 0.313 e. The maximum absolute atomic E-state index is 10.8. The van der Waals surface area contributed by atoms with Crippen LogP contribution in [0, 0.1) is 24.7 Å². The number of imidazole rings is 1. The van der Waals surface area contributed by atoms with E-state index in [9.17, 15) is 4.79 Å². The van der Waals surface area contributed by atoms with Gasteiger partial charge in [0, 0.05) is 17.9 Å². The molecule has 0 saturated heterocycles. The predicted molar refractivity (Wildman–Crippen MR) is 79.0 cm³/mol. The van der Waals surface area contributed by atoms with Gasteiger partial charge in [-0.25, -0.2) is 4.98 Å². The molecule has 1 N–H and O–H groups in total. The summed E-state index contributed by atoms with van der Waals surface area (Å²) in [6.07, 6.45) is 7.41. The lowest BCUT2D eigenvalue weighted by Gasteiger charge is -2.30. The Labute approximate surface area is 124 Å². The fourth-order valence-electron chi connectivity index (χ4n) is 4.23. The first-order chi connectivity index (χ1) is 9.56. The number of carboxylic acids is 1. The molecule has 2 saturated carbocycles. The highest BCUT2D eigenvalue weighted by atomic mass is 32.2. The molecule has 0 spiro atoms. The summed E-state index contributed by atoms with van der Waals surface area (Å²) in [6.45, 7) is 4.35. The van der Waals surface area contributed by atoms with Crippen LogP contribution in [0.4, 0.5) is 0 Å². The second-order valence-corrected chi connectivity index (χ2v) is 7.26. The van der Waals surface area contributed by atoms with Gasteiger partial charge in [0.1, 0.15) is 0 Å². The molecule has 0 aromatic carbocycles. The summed E-state index contributed by atoms with van der Waals surface area (Å²) in [7, 11) is 0. The van der Waals surface area contributed by atoms with E-state index < -0.39 is 5.97 Å². The minimum absolute atomic E-state index is 0.0832. The van der Waals surface area contributed by atoms with Crippen LogP contribution in [0.25, 0.3) is 0 Å². The summed E-state index contributed by atoms with van der Waals surface area (Å²) < 4.78 is 2.26. The number of nitrogens with zero attached hydrogens (tertiary/aromatic N) is 2. The Morgan fingerprint density at radius 1 is 1.55 bits per heavy atom. The molecule has 110 valence electrons. The third-order valence-electron chi connectivity index (χ3n) is 5.09. The minimum atomic E-state index is -0.783. The van der Waals surface area contributed by atoms with Crippen LogP contribution in [-0.2, 0) is 4.79 Å². The van der Waals surface area contributed by atoms with Gasteiger partial charge in [0.05, 0.1) is 5.75 Å². The van der Waals surface area contributed by atoms with Gasteiger partial charge >= 0.3 is 5.97 Å². The molecule has 4 nitrogen and oxygen atoms in total. The number of thioether (sulfide) groups is 1. The van der Waals surface area contributed by atoms with Crippen molar-refractivity contribution in [2.75, 3.05) is 5.75 Å². The molecule has 2 fully saturated rings. The summed E-state index contributed by atoms with van der Waals surface area (Å²) in [6, 6.07) is 0.434. The highest BCUT2D eigenvalue weighted by molar-refractivity contribution is 7.99. The van der Waals surface area contributed by atoms with Gasteiger partial charge in [-0.05, 0) is 50.9 Å². The number of carboxylic acid groups (broad SMARTS) is 1. The molecule has 0 radical (unpaired) electrons. The fraction of sp³-hybridized carbons (Fsp3) is 0.733. The number of aliphatic carboxylic acids is 1. The van der Waals surface area contributed by atoms with Gasteiger partial charge in [-0.1, -0.05) is 18.2 Å². The van der Waals surface area contributed by atoms with Crippen molar-refractivity contribution in [1.29, 1.82) is 0 Å². The van der Waals surface area contributed by atoms with Crippen molar-refractivity contribution in [3.8, 4) is 0 Å². The van der Waals surface area contributed by atoms with Crippen molar-refractivity contribution in [2.24, 2.45) is 17.8 Å². The monoisotopic (exact) mass is 294 g/mol. The maximum atomic E-state index is 10.8. The molecule has 1 aromatic heterocycles. The van der Waals surface area contributed by atoms with Crippen molar-refractivity contribution in [1.82, 2.24) is 9.55 Å². The van der Waals surface area contributed by atoms with E-state index in [0.717, 1.165) is 28.6 Å². The maximum Gasteiger partial charge on any atom is 0.313 e. The van der Waals surface area contributed by atoms with E-state index >= 15 is 0 Å². The Hall–Kier alpha value is -0.970. The Morgan fingerprint density at radius 3 is 2.95 bits per heavy atom. The molecule has 4 unspecified atom stereocenters. The van der Waals surface area contributed by atoms with E-state index in [2.05, 4.69) is 23.4 Å². The Balaban J connectivity index is 1.78. The van der Waals surface area contributed by atoms with Crippen molar-refractivity contribution >= 4 is 17.7 Å². The highest BCUT2D eigenvalue weighted by Gasteiger charge is 2.42. The molecule has 5 heteroatoms. The molecule has 3 rings (SSSR count). The van der Waals surface area contributed by atoms with Crippen LogP contribution in [0.1, 0.15) is 44.3 Å². The van der Waals surface area contributed by atoms with Gasteiger partial charge in [-0.3, -0.25) is 4.79 Å². The Kier molecular flexibility index (Phi) is 3.80. The van der Waals surface area contributed by atoms with Crippen molar-refractivity contribution in [2.45, 2.75) is 50.7 Å². The molecule has 1 heterocycles. The van der Waals surface area contributed by atoms with Gasteiger partial charge in [0.25, 0.3) is 0 Å². The van der Waals surface area contributed by atoms with Crippen LogP contribution in [-0.4, -0.2) is 26.4 Å². The predicted octanol–water partition coefficient (Wildman–Crippen LogP) is 3.37. The number of carbonyl (C=O) groups is 1. The molecular formula is C15H22N2O2S. The van der Waals surface area contributed by atoms with E-state index in [4.69, 9.17) is 5.11 Å². The second-order valence-electron chi connectivity index (χ2n) is 6.31. The Morgan fingerprint density at radius 2 is 2.35 bits per heavy atom. The first kappa shape index (κ1) is 14.0. The van der Waals surface area contributed by atoms with E-state index in [1.807, 2.05) is 6.20 Å². The van der Waals surface area contributed by atoms with Crippen LogP contribution in [0.2, 0.25) is 0 Å². The van der Waals surface area contributed by atoms with E-state index in [1.165, 1.54) is 37.4 Å². The number of aromatic nitrogens is 2. The topological polar surface area (TPSA) is 55.1 Å². The molecule has 2 aliphatic rings. The standard InChI is InChI=1S/C15H22N2O2S/c1-9-7-16-15(20-8-14(18)19)17(9)10(2)13-6-11-3-4-12(13)5-11/h7,10-13H,3-6,8H2,1-2H3,(H,18,19). The third-order valence-corrected chi connectivity index (χ3v) is 6.04. The highest BCUT2D eigenvalue weighted by Crippen LogP contribution is 2.52. The number of hydrogen-bond acceptors (Lipinski definition) is 3. The lowest BCUT2D eigenvalue weighted by molar-refractivity contribution is -0.133. The molecule has 4 atom stereocenters. The van der Waals surface area contributed by atoms with Crippen molar-refractivity contribution in [3.05, 3.63) is 11.9 Å². The van der Waals surface area contributed by atoms with Gasteiger partial charge < -0.3 is 9.67 Å². The van der Waals surface area contributed by atoms with Crippen LogP contribution in [0.15, 0.2) is 11.4 Å². The third kappa shape index (κ3) is 2.48. The van der Waals surface area contributed by atoms with Crippen LogP contribution < -0.4 is 0 Å². The summed E-state index contributed by atoms with van der Waals surface area (Å²) in [5, 5.41) is 9.71. The molecule has 2 aliphatic carbocycles. The number of fused-ring (bicyclic) bond motifs is 2. The van der Waals surface area contributed by atoms with Gasteiger partial charge in [-0.2, -0.15) is 0 Å². The quantitative estimate of drug-likeness (QED) is 0.846. The summed E-state index contributed by atoms with van der Waals surface area (Å²) in [5.41, 5.74) is 1.15. The summed E-state index contributed by atoms with van der Waals surface area (Å²) >= 11 is 1.34. The normalized spacial score (nSPS) is 29.8. The zero-order chi connectivity index (χ0) is 14.3. The van der Waals surface area contributed by atoms with Crippen LogP contribution in [0.3, 0.4) is 0 Å². The summed E-state index contributed by atoms with van der Waals surface area (Å²) in [4.78, 5) is 15.2. The molecular weight excluding hydrogens is 272 g/mol. The van der Waals surface area contributed by atoms with Crippen molar-refractivity contribution < 1.29 is 9.90 Å². The van der Waals surface area contributed by atoms with E-state index in [0.29, 0.717) is 6.04 Å². The SMILES string of the molecule is Cc1cnc(SCC(=O)O)n1C(C)C1CC2CCC1C2. The lowest BCUT2D eigenvalue weighted by atomic mass is 9.84. The average molecular weight is 294 g/mol. The zero-order valence-electron chi connectivity index (χ0n) is 12.1. The molecule has 0 amide bonds. The molecule has 20 heavy (non-hydrogen) atoms. The van der Waals surface area contributed by atoms with Crippen LogP contribution >= 0.6 is 11.8 Å². The number of aryl methyl sites for hydroxylation is 1. The largest absolute Gasteiger partial charge is 0.481 e. The Bertz CT molecular complexity index is 514. The molecule has 0 aliphatic heterocycles. The lowest BCUT2D eigenvalue weighted by Crippen LogP contribution is -2.23. The molecule has 2 bridgehead atoms. The first-order valence-electron chi connectivity index (χ1n) is 7.44. The van der Waals surface area contributed by atoms with Gasteiger partial charge in [-0.15, -0.1) is 0 Å². The number of rotatable bonds is 5. The second kappa shape index (κ2) is 5.43. The molecule has 1 aromatic rings. The minimum Gasteiger partial charge on any atom is -0.481 e. The first-order valence-corrected chi connectivity index (χ1v) is 8.43. The fourth-order valence-corrected chi connectivity index (χ4v) is 5.06.